The van der Waals surface area contributed by atoms with Gasteiger partial charge in [-0.3, -0.25) is 13.9 Å². The normalized spacial score (nSPS) is 11.6. The topological polar surface area (TPSA) is 73.4 Å². The summed E-state index contributed by atoms with van der Waals surface area (Å²) in [4.78, 5) is 17.5. The molecule has 3 heterocycles. The van der Waals surface area contributed by atoms with E-state index in [9.17, 15) is 13.6 Å². The molecule has 0 saturated carbocycles. The van der Waals surface area contributed by atoms with E-state index in [2.05, 4.69) is 51.4 Å². The average molecular weight is 720 g/mol. The van der Waals surface area contributed by atoms with Crippen molar-refractivity contribution in [2.45, 2.75) is 18.7 Å². The quantitative estimate of drug-likeness (QED) is 0.135. The molecule has 0 saturated heterocycles. The van der Waals surface area contributed by atoms with Gasteiger partial charge in [0.25, 0.3) is 5.91 Å². The Bertz CT molecular complexity index is 2460. The number of rotatable bonds is 11. The minimum atomic E-state index is -2.97. The lowest BCUT2D eigenvalue weighted by Crippen LogP contribution is -2.38. The molecule has 5 aromatic carbocycles. The first kappa shape index (κ1) is 34.2. The number of hydrogen-bond acceptors (Lipinski definition) is 4. The Kier molecular flexibility index (Phi) is 9.23. The summed E-state index contributed by atoms with van der Waals surface area (Å²) in [7, 11) is 0. The van der Waals surface area contributed by atoms with Gasteiger partial charge in [0.1, 0.15) is 22.8 Å². The second kappa shape index (κ2) is 14.6. The molecule has 0 unspecified atom stereocenters. The van der Waals surface area contributed by atoms with Crippen molar-refractivity contribution in [1.82, 2.24) is 24.5 Å². The molecule has 0 bridgehead atoms. The Labute approximate surface area is 309 Å². The van der Waals surface area contributed by atoms with E-state index >= 15 is 4.39 Å². The second-order valence-electron chi connectivity index (χ2n) is 12.7. The number of nitrogens with zero attached hydrogens (tertiary/aromatic N) is 4. The lowest BCUT2D eigenvalue weighted by atomic mass is 9.77. The summed E-state index contributed by atoms with van der Waals surface area (Å²) in [6.07, 6.45) is 7.49. The summed E-state index contributed by atoms with van der Waals surface area (Å²) in [5.74, 6) is -1.39. The van der Waals surface area contributed by atoms with Crippen molar-refractivity contribution >= 4 is 11.6 Å². The highest BCUT2D eigenvalue weighted by Gasteiger charge is 2.39. The van der Waals surface area contributed by atoms with Crippen molar-refractivity contribution in [1.29, 1.82) is 0 Å². The standard InChI is InChI=1S/C44H32F3N5O2/c45-39-24-31(19-21-38(39)42(53)49-25-30-11-10-18-37(23-30)54-43(46)47)40-27-48-41-22-20-32(28-51(40)41)33-26-50-52(29-33)44(34-12-4-1-5-13-34,35-14-6-2-7-15-35)36-16-8-3-9-17-36/h1-24,26-29,43H,25H2,(H,49,53). The predicted octanol–water partition coefficient (Wildman–Crippen LogP) is 9.38. The molecule has 0 atom stereocenters. The Balaban J connectivity index is 1.11. The third-order valence-electron chi connectivity index (χ3n) is 9.43. The van der Waals surface area contributed by atoms with Crippen LogP contribution in [0.4, 0.5) is 13.2 Å². The van der Waals surface area contributed by atoms with Gasteiger partial charge in [-0.15, -0.1) is 0 Å². The van der Waals surface area contributed by atoms with Gasteiger partial charge >= 0.3 is 6.61 Å². The van der Waals surface area contributed by atoms with Crippen LogP contribution in [0.5, 0.6) is 5.75 Å². The summed E-state index contributed by atoms with van der Waals surface area (Å²) in [5, 5.41) is 7.64. The molecule has 1 N–H and O–H groups in total. The van der Waals surface area contributed by atoms with Gasteiger partial charge in [0, 0.05) is 35.6 Å². The molecule has 0 aliphatic heterocycles. The van der Waals surface area contributed by atoms with Gasteiger partial charge in [-0.2, -0.15) is 13.9 Å². The number of amides is 1. The number of alkyl halides is 2. The summed E-state index contributed by atoms with van der Waals surface area (Å²) in [5.41, 5.74) is 6.32. The van der Waals surface area contributed by atoms with Crippen LogP contribution >= 0.6 is 0 Å². The number of halogens is 3. The third-order valence-corrected chi connectivity index (χ3v) is 9.43. The van der Waals surface area contributed by atoms with Crippen LogP contribution in [0.15, 0.2) is 170 Å². The van der Waals surface area contributed by atoms with Crippen LogP contribution < -0.4 is 10.1 Å². The van der Waals surface area contributed by atoms with E-state index < -0.39 is 23.9 Å². The molecule has 8 rings (SSSR count). The van der Waals surface area contributed by atoms with Crippen LogP contribution in [-0.2, 0) is 12.1 Å². The number of aromatic nitrogens is 4. The molecule has 3 aromatic heterocycles. The van der Waals surface area contributed by atoms with Gasteiger partial charge in [-0.25, -0.2) is 9.37 Å². The summed E-state index contributed by atoms with van der Waals surface area (Å²) in [6, 6.07) is 45.1. The van der Waals surface area contributed by atoms with E-state index in [4.69, 9.17) is 5.10 Å². The van der Waals surface area contributed by atoms with E-state index in [0.717, 1.165) is 27.8 Å². The number of fused-ring (bicyclic) bond motifs is 1. The highest BCUT2D eigenvalue weighted by atomic mass is 19.3. The number of carbonyl (C=O) groups is 1. The van der Waals surface area contributed by atoms with Crippen LogP contribution in [0.3, 0.4) is 0 Å². The number of pyridine rings is 1. The highest BCUT2D eigenvalue weighted by molar-refractivity contribution is 5.95. The molecule has 10 heteroatoms. The van der Waals surface area contributed by atoms with E-state index in [1.807, 2.05) is 94.4 Å². The van der Waals surface area contributed by atoms with Crippen LogP contribution in [0.25, 0.3) is 28.0 Å². The van der Waals surface area contributed by atoms with E-state index in [1.165, 1.54) is 30.3 Å². The molecule has 0 aliphatic rings. The van der Waals surface area contributed by atoms with Crippen LogP contribution in [-0.4, -0.2) is 31.7 Å². The smallest absolute Gasteiger partial charge is 0.387 e. The maximum Gasteiger partial charge on any atom is 0.387 e. The Morgan fingerprint density at radius 1 is 0.704 bits per heavy atom. The first-order valence-electron chi connectivity index (χ1n) is 17.2. The van der Waals surface area contributed by atoms with Gasteiger partial charge in [0.15, 0.2) is 0 Å². The average Bonchev–Trinajstić information content (AvgIpc) is 3.87. The molecule has 1 amide bonds. The molecular formula is C44H32F3N5O2. The first-order chi connectivity index (χ1) is 26.4. The molecule has 7 nitrogen and oxygen atoms in total. The zero-order chi connectivity index (χ0) is 37.1. The number of carbonyl (C=O) groups excluding carboxylic acids is 1. The molecule has 0 fully saturated rings. The van der Waals surface area contributed by atoms with Crippen LogP contribution in [0.1, 0.15) is 32.6 Å². The fourth-order valence-electron chi connectivity index (χ4n) is 6.92. The minimum absolute atomic E-state index is 0.00372. The summed E-state index contributed by atoms with van der Waals surface area (Å²) in [6.45, 7) is -2.97. The number of imidazole rings is 1. The van der Waals surface area contributed by atoms with E-state index in [0.29, 0.717) is 22.5 Å². The van der Waals surface area contributed by atoms with Crippen molar-refractivity contribution in [3.05, 3.63) is 204 Å². The van der Waals surface area contributed by atoms with Crippen molar-refractivity contribution < 1.29 is 22.7 Å². The third kappa shape index (κ3) is 6.49. The lowest BCUT2D eigenvalue weighted by molar-refractivity contribution is -0.0498. The van der Waals surface area contributed by atoms with Gasteiger partial charge < -0.3 is 10.1 Å². The van der Waals surface area contributed by atoms with Gasteiger partial charge in [-0.1, -0.05) is 109 Å². The molecule has 0 radical (unpaired) electrons. The Hall–Kier alpha value is -6.94. The first-order valence-corrected chi connectivity index (χ1v) is 17.2. The van der Waals surface area contributed by atoms with Crippen molar-refractivity contribution in [3.63, 3.8) is 0 Å². The lowest BCUT2D eigenvalue weighted by Gasteiger charge is -2.36. The Morgan fingerprint density at radius 3 is 1.98 bits per heavy atom. The molecule has 0 aliphatic carbocycles. The maximum atomic E-state index is 15.5. The summed E-state index contributed by atoms with van der Waals surface area (Å²) >= 11 is 0. The monoisotopic (exact) mass is 719 g/mol. The zero-order valence-corrected chi connectivity index (χ0v) is 28.7. The number of hydrogen-bond donors (Lipinski definition) is 1. The van der Waals surface area contributed by atoms with Crippen molar-refractivity contribution in [2.75, 3.05) is 0 Å². The van der Waals surface area contributed by atoms with E-state index in [1.54, 1.807) is 18.3 Å². The minimum Gasteiger partial charge on any atom is -0.435 e. The molecular weight excluding hydrogens is 688 g/mol. The molecule has 266 valence electrons. The number of ether oxygens (including phenoxy) is 1. The van der Waals surface area contributed by atoms with Gasteiger partial charge in [-0.05, 0) is 58.7 Å². The van der Waals surface area contributed by atoms with Crippen molar-refractivity contribution in [2.24, 2.45) is 0 Å². The Morgan fingerprint density at radius 2 is 1.35 bits per heavy atom. The SMILES string of the molecule is O=C(NCc1cccc(OC(F)F)c1)c1ccc(-c2cnc3ccc(-c4cnn(C(c5ccccc5)(c5ccccc5)c5ccccc5)c4)cn23)cc1F. The molecule has 8 aromatic rings. The number of benzene rings is 5. The van der Waals surface area contributed by atoms with E-state index in [-0.39, 0.29) is 17.9 Å². The zero-order valence-electron chi connectivity index (χ0n) is 28.7. The molecule has 54 heavy (non-hydrogen) atoms. The van der Waals surface area contributed by atoms with Crippen LogP contribution in [0.2, 0.25) is 0 Å². The fraction of sp³-hybridized carbons (Fsp3) is 0.0682. The van der Waals surface area contributed by atoms with Gasteiger partial charge in [0.2, 0.25) is 0 Å². The van der Waals surface area contributed by atoms with Crippen molar-refractivity contribution in [3.8, 4) is 28.1 Å². The maximum absolute atomic E-state index is 15.5. The van der Waals surface area contributed by atoms with Crippen LogP contribution in [0, 0.1) is 5.82 Å². The largest absolute Gasteiger partial charge is 0.435 e. The second-order valence-corrected chi connectivity index (χ2v) is 12.7. The number of nitrogens with one attached hydrogen (secondary N) is 1. The molecule has 0 spiro atoms. The fourth-order valence-corrected chi connectivity index (χ4v) is 6.92. The summed E-state index contributed by atoms with van der Waals surface area (Å²) < 4.78 is 49.0. The highest BCUT2D eigenvalue weighted by Crippen LogP contribution is 2.41. The van der Waals surface area contributed by atoms with Gasteiger partial charge in [0.05, 0.1) is 23.7 Å². The predicted molar refractivity (Wildman–Crippen MR) is 201 cm³/mol.